The molecule has 28 heavy (non-hydrogen) atoms. The molecule has 0 saturated heterocycles. The Morgan fingerprint density at radius 3 is 2.79 bits per heavy atom. The minimum Gasteiger partial charge on any atom is -0.482 e. The Labute approximate surface area is 166 Å². The van der Waals surface area contributed by atoms with Crippen molar-refractivity contribution in [3.05, 3.63) is 65.9 Å². The molecule has 0 saturated carbocycles. The number of aryl methyl sites for hydroxylation is 1. The van der Waals surface area contributed by atoms with E-state index in [2.05, 4.69) is 15.3 Å². The number of ketones is 1. The highest BCUT2D eigenvalue weighted by atomic mass is 32.2. The van der Waals surface area contributed by atoms with Crippen molar-refractivity contribution in [3.8, 4) is 17.0 Å². The van der Waals surface area contributed by atoms with Gasteiger partial charge >= 0.3 is 0 Å². The second kappa shape index (κ2) is 7.82. The lowest BCUT2D eigenvalue weighted by Gasteiger charge is -2.18. The fourth-order valence-electron chi connectivity index (χ4n) is 2.83. The highest BCUT2D eigenvalue weighted by Gasteiger charge is 2.18. The third kappa shape index (κ3) is 4.04. The van der Waals surface area contributed by atoms with E-state index in [-0.39, 0.29) is 24.1 Å². The summed E-state index contributed by atoms with van der Waals surface area (Å²) in [6.45, 7) is 1.90. The van der Waals surface area contributed by atoms with E-state index in [0.717, 1.165) is 17.0 Å². The summed E-state index contributed by atoms with van der Waals surface area (Å²) in [6.07, 6.45) is 0. The molecule has 7 heteroatoms. The van der Waals surface area contributed by atoms with Gasteiger partial charge in [0.15, 0.2) is 17.5 Å². The van der Waals surface area contributed by atoms with Crippen LogP contribution in [0.5, 0.6) is 5.75 Å². The molecule has 1 aromatic heterocycles. The summed E-state index contributed by atoms with van der Waals surface area (Å²) in [5.41, 5.74) is 3.71. The number of amides is 1. The van der Waals surface area contributed by atoms with E-state index in [9.17, 15) is 9.59 Å². The van der Waals surface area contributed by atoms with Gasteiger partial charge in [-0.1, -0.05) is 42.1 Å². The van der Waals surface area contributed by atoms with Gasteiger partial charge in [0.25, 0.3) is 5.91 Å². The van der Waals surface area contributed by atoms with Gasteiger partial charge in [0.1, 0.15) is 5.75 Å². The lowest BCUT2D eigenvalue weighted by Crippen LogP contribution is -2.25. The van der Waals surface area contributed by atoms with Gasteiger partial charge in [-0.25, -0.2) is 9.97 Å². The van der Waals surface area contributed by atoms with Gasteiger partial charge in [-0.05, 0) is 31.2 Å². The second-order valence-corrected chi connectivity index (χ2v) is 7.25. The predicted molar refractivity (Wildman–Crippen MR) is 108 cm³/mol. The smallest absolute Gasteiger partial charge is 0.262 e. The van der Waals surface area contributed by atoms with Crippen molar-refractivity contribution < 1.29 is 14.3 Å². The van der Waals surface area contributed by atoms with Crippen LogP contribution in [0.4, 0.5) is 5.69 Å². The van der Waals surface area contributed by atoms with Gasteiger partial charge in [0, 0.05) is 16.8 Å². The topological polar surface area (TPSA) is 81.2 Å². The maximum atomic E-state index is 12.6. The van der Waals surface area contributed by atoms with E-state index in [1.165, 1.54) is 11.8 Å². The number of carbonyl (C=O) groups excluding carboxylic acids is 2. The number of ether oxygens (including phenoxy) is 1. The second-order valence-electron chi connectivity index (χ2n) is 6.30. The largest absolute Gasteiger partial charge is 0.482 e. The fraction of sp³-hybridized carbons (Fsp3) is 0.143. The molecule has 1 N–H and O–H groups in total. The van der Waals surface area contributed by atoms with Crippen LogP contribution in [0.25, 0.3) is 11.3 Å². The van der Waals surface area contributed by atoms with Crippen molar-refractivity contribution in [3.63, 3.8) is 0 Å². The lowest BCUT2D eigenvalue weighted by molar-refractivity contribution is -0.118. The number of carbonyl (C=O) groups is 2. The molecule has 3 aromatic rings. The van der Waals surface area contributed by atoms with Crippen molar-refractivity contribution >= 4 is 29.1 Å². The third-order valence-electron chi connectivity index (χ3n) is 4.17. The van der Waals surface area contributed by atoms with Crippen LogP contribution in [-0.2, 0) is 4.79 Å². The normalized spacial score (nSPS) is 12.7. The first-order valence-electron chi connectivity index (χ1n) is 8.72. The summed E-state index contributed by atoms with van der Waals surface area (Å²) < 4.78 is 5.32. The van der Waals surface area contributed by atoms with Gasteiger partial charge in [-0.2, -0.15) is 0 Å². The summed E-state index contributed by atoms with van der Waals surface area (Å²) >= 11 is 1.29. The first-order valence-corrected chi connectivity index (χ1v) is 9.71. The summed E-state index contributed by atoms with van der Waals surface area (Å²) in [6, 6.07) is 16.8. The molecule has 1 amide bonds. The number of anilines is 1. The average molecular weight is 391 g/mol. The predicted octanol–water partition coefficient (Wildman–Crippen LogP) is 3.76. The quantitative estimate of drug-likeness (QED) is 0.405. The minimum absolute atomic E-state index is 0.00934. The average Bonchev–Trinajstić information content (AvgIpc) is 2.71. The summed E-state index contributed by atoms with van der Waals surface area (Å²) in [5.74, 6) is 0.469. The van der Waals surface area contributed by atoms with Crippen LogP contribution in [0.3, 0.4) is 0 Å². The number of rotatable bonds is 5. The van der Waals surface area contributed by atoms with E-state index in [4.69, 9.17) is 4.74 Å². The molecule has 2 aromatic carbocycles. The van der Waals surface area contributed by atoms with Crippen LogP contribution < -0.4 is 10.1 Å². The first kappa shape index (κ1) is 18.2. The van der Waals surface area contributed by atoms with Gasteiger partial charge in [0.2, 0.25) is 0 Å². The monoisotopic (exact) mass is 391 g/mol. The molecule has 6 nitrogen and oxygen atoms in total. The SMILES string of the molecule is Cc1cc(-c2ccccc2)nc(SCC(=O)c2ccc3c(c2)NC(=O)CO3)n1. The van der Waals surface area contributed by atoms with Gasteiger partial charge in [-0.3, -0.25) is 9.59 Å². The Balaban J connectivity index is 1.49. The number of fused-ring (bicyclic) bond motifs is 1. The molecule has 1 aliphatic heterocycles. The van der Waals surface area contributed by atoms with Crippen molar-refractivity contribution in [2.24, 2.45) is 0 Å². The zero-order valence-electron chi connectivity index (χ0n) is 15.1. The Morgan fingerprint density at radius 2 is 1.96 bits per heavy atom. The molecule has 4 rings (SSSR count). The number of aromatic nitrogens is 2. The molecule has 2 heterocycles. The van der Waals surface area contributed by atoms with Crippen LogP contribution >= 0.6 is 11.8 Å². The van der Waals surface area contributed by atoms with Gasteiger partial charge in [-0.15, -0.1) is 0 Å². The number of Topliss-reactive ketones (excluding diaryl/α,β-unsaturated/α-hetero) is 1. The molecule has 0 unspecified atom stereocenters. The Bertz CT molecular complexity index is 1050. The standard InChI is InChI=1S/C21H17N3O3S/c1-13-9-16(14-5-3-2-4-6-14)24-21(22-13)28-12-18(25)15-7-8-19-17(10-15)23-20(26)11-27-19/h2-10H,11-12H2,1H3,(H,23,26). The Morgan fingerprint density at radius 1 is 1.14 bits per heavy atom. The van der Waals surface area contributed by atoms with Crippen molar-refractivity contribution in [2.45, 2.75) is 12.1 Å². The molecule has 0 spiro atoms. The van der Waals surface area contributed by atoms with E-state index in [1.807, 2.05) is 43.3 Å². The molecule has 1 aliphatic rings. The van der Waals surface area contributed by atoms with Gasteiger partial charge in [0.05, 0.1) is 17.1 Å². The number of nitrogens with one attached hydrogen (secondary N) is 1. The molecule has 140 valence electrons. The van der Waals surface area contributed by atoms with E-state index >= 15 is 0 Å². The molecular weight excluding hydrogens is 374 g/mol. The maximum absolute atomic E-state index is 12.6. The fourth-order valence-corrected chi connectivity index (χ4v) is 3.63. The molecular formula is C21H17N3O3S. The first-order chi connectivity index (χ1) is 13.6. The highest BCUT2D eigenvalue weighted by Crippen LogP contribution is 2.29. The van der Waals surface area contributed by atoms with Crippen LogP contribution in [0.15, 0.2) is 59.8 Å². The van der Waals surface area contributed by atoms with Crippen LogP contribution in [0.2, 0.25) is 0 Å². The van der Waals surface area contributed by atoms with E-state index in [1.54, 1.807) is 18.2 Å². The van der Waals surface area contributed by atoms with Crippen LogP contribution in [-0.4, -0.2) is 34.0 Å². The number of thioether (sulfide) groups is 1. The maximum Gasteiger partial charge on any atom is 0.262 e. The van der Waals surface area contributed by atoms with Crippen molar-refractivity contribution in [2.75, 3.05) is 17.7 Å². The summed E-state index contributed by atoms with van der Waals surface area (Å²) in [5, 5.41) is 3.27. The zero-order valence-corrected chi connectivity index (χ0v) is 16.0. The van der Waals surface area contributed by atoms with E-state index in [0.29, 0.717) is 22.2 Å². The van der Waals surface area contributed by atoms with Crippen molar-refractivity contribution in [1.29, 1.82) is 0 Å². The number of hydrogen-bond acceptors (Lipinski definition) is 6. The third-order valence-corrected chi connectivity index (χ3v) is 5.02. The van der Waals surface area contributed by atoms with Gasteiger partial charge < -0.3 is 10.1 Å². The minimum atomic E-state index is -0.229. The lowest BCUT2D eigenvalue weighted by atomic mass is 10.1. The highest BCUT2D eigenvalue weighted by molar-refractivity contribution is 7.99. The van der Waals surface area contributed by atoms with Crippen LogP contribution in [0, 0.1) is 6.92 Å². The Hall–Kier alpha value is -3.19. The van der Waals surface area contributed by atoms with Crippen molar-refractivity contribution in [1.82, 2.24) is 9.97 Å². The number of hydrogen-bond donors (Lipinski definition) is 1. The Kier molecular flexibility index (Phi) is 5.08. The zero-order chi connectivity index (χ0) is 19.5. The number of benzene rings is 2. The van der Waals surface area contributed by atoms with E-state index < -0.39 is 0 Å². The summed E-state index contributed by atoms with van der Waals surface area (Å²) in [7, 11) is 0. The molecule has 0 aliphatic carbocycles. The van der Waals surface area contributed by atoms with Crippen LogP contribution in [0.1, 0.15) is 16.1 Å². The molecule has 0 atom stereocenters. The molecule has 0 radical (unpaired) electrons. The number of nitrogens with zero attached hydrogens (tertiary/aromatic N) is 2. The molecule has 0 fully saturated rings. The molecule has 0 bridgehead atoms. The summed E-state index contributed by atoms with van der Waals surface area (Å²) in [4.78, 5) is 33.1.